The molecule has 1 fully saturated rings. The number of hydrogen-bond donors (Lipinski definition) is 2. The van der Waals surface area contributed by atoms with Gasteiger partial charge < -0.3 is 9.88 Å². The number of H-pyrrole nitrogens is 1. The number of nitrogens with zero attached hydrogens (tertiary/aromatic N) is 2. The second kappa shape index (κ2) is 5.07. The predicted octanol–water partition coefficient (Wildman–Crippen LogP) is 3.52. The van der Waals surface area contributed by atoms with E-state index in [0.717, 1.165) is 5.69 Å². The summed E-state index contributed by atoms with van der Waals surface area (Å²) in [6.45, 7) is 9.01. The topological polar surface area (TPSA) is 79.8 Å². The van der Waals surface area contributed by atoms with Crippen LogP contribution in [-0.2, 0) is 4.79 Å². The van der Waals surface area contributed by atoms with E-state index in [-0.39, 0.29) is 28.6 Å². The molecule has 1 aliphatic heterocycles. The van der Waals surface area contributed by atoms with Gasteiger partial charge in [-0.3, -0.25) is 14.7 Å². The average Bonchev–Trinajstić information content (AvgIpc) is 3.02. The van der Waals surface area contributed by atoms with Gasteiger partial charge in [0.25, 0.3) is 0 Å². The molecule has 3 heterocycles. The Balaban J connectivity index is 1.50. The van der Waals surface area contributed by atoms with Crippen molar-refractivity contribution in [1.29, 1.82) is 0 Å². The molecule has 0 saturated heterocycles. The fourth-order valence-electron chi connectivity index (χ4n) is 4.43. The zero-order valence-electron chi connectivity index (χ0n) is 15.1. The van der Waals surface area contributed by atoms with Crippen LogP contribution < -0.4 is 5.32 Å². The number of carbonyl (C=O) groups excluding carboxylic acids is 2. The van der Waals surface area contributed by atoms with Crippen LogP contribution in [0.25, 0.3) is 0 Å². The van der Waals surface area contributed by atoms with Crippen molar-refractivity contribution in [3.8, 4) is 0 Å². The number of Topliss-reactive ketones (excluding diaryl/α,β-unsaturated/α-hetero) is 1. The first-order valence-corrected chi connectivity index (χ1v) is 8.79. The van der Waals surface area contributed by atoms with Gasteiger partial charge >= 0.3 is 0 Å². The minimum absolute atomic E-state index is 0.0919. The van der Waals surface area contributed by atoms with E-state index in [1.165, 1.54) is 0 Å². The summed E-state index contributed by atoms with van der Waals surface area (Å²) in [5.74, 6) is 0.914. The van der Waals surface area contributed by atoms with E-state index in [1.54, 1.807) is 16.8 Å². The number of anilines is 1. The van der Waals surface area contributed by atoms with Crippen molar-refractivity contribution in [3.63, 3.8) is 0 Å². The molecule has 2 aliphatic rings. The molecule has 2 aromatic rings. The van der Waals surface area contributed by atoms with Crippen LogP contribution in [0.5, 0.6) is 0 Å². The molecule has 2 aromatic heterocycles. The summed E-state index contributed by atoms with van der Waals surface area (Å²) in [6, 6.07) is 5.15. The smallest absolute Gasteiger partial charge is 0.248 e. The zero-order valence-corrected chi connectivity index (χ0v) is 15.1. The van der Waals surface area contributed by atoms with Crippen molar-refractivity contribution < 1.29 is 9.59 Å². The fourth-order valence-corrected chi connectivity index (χ4v) is 4.43. The van der Waals surface area contributed by atoms with Crippen LogP contribution in [0.4, 0.5) is 5.82 Å². The minimum Gasteiger partial charge on any atom is -0.333 e. The predicted molar refractivity (Wildman–Crippen MR) is 94.6 cm³/mol. The monoisotopic (exact) mass is 340 g/mol. The van der Waals surface area contributed by atoms with Crippen LogP contribution in [0.3, 0.4) is 0 Å². The summed E-state index contributed by atoms with van der Waals surface area (Å²) in [7, 11) is 0. The molecule has 1 unspecified atom stereocenters. The van der Waals surface area contributed by atoms with Gasteiger partial charge in [0.05, 0.1) is 5.69 Å². The summed E-state index contributed by atoms with van der Waals surface area (Å²) in [6.07, 6.45) is 2.71. The number of hydrogen-bond acceptors (Lipinski definition) is 3. The van der Waals surface area contributed by atoms with Gasteiger partial charge in [0.15, 0.2) is 11.6 Å². The van der Waals surface area contributed by atoms with Gasteiger partial charge in [-0.15, -0.1) is 0 Å². The van der Waals surface area contributed by atoms with Crippen molar-refractivity contribution in [3.05, 3.63) is 35.8 Å². The number of ketones is 1. The first-order chi connectivity index (χ1) is 11.7. The van der Waals surface area contributed by atoms with E-state index in [4.69, 9.17) is 0 Å². The van der Waals surface area contributed by atoms with Crippen molar-refractivity contribution in [2.45, 2.75) is 52.5 Å². The molecule has 6 heteroatoms. The highest BCUT2D eigenvalue weighted by atomic mass is 16.2. The Labute approximate surface area is 147 Å². The summed E-state index contributed by atoms with van der Waals surface area (Å²) < 4.78 is 1.77. The van der Waals surface area contributed by atoms with E-state index in [0.29, 0.717) is 30.3 Å². The van der Waals surface area contributed by atoms with E-state index < -0.39 is 0 Å². The molecule has 1 amide bonds. The molecule has 0 spiro atoms. The lowest BCUT2D eigenvalue weighted by molar-refractivity contribution is -0.119. The highest BCUT2D eigenvalue weighted by molar-refractivity contribution is 5.99. The summed E-state index contributed by atoms with van der Waals surface area (Å²) in [4.78, 5) is 24.6. The van der Waals surface area contributed by atoms with Crippen molar-refractivity contribution >= 4 is 17.5 Å². The lowest BCUT2D eigenvalue weighted by Gasteiger charge is -2.24. The highest BCUT2D eigenvalue weighted by Crippen LogP contribution is 2.73. The van der Waals surface area contributed by atoms with Crippen LogP contribution >= 0.6 is 0 Å². The zero-order chi connectivity index (χ0) is 18.0. The number of amides is 1. The van der Waals surface area contributed by atoms with Crippen LogP contribution in [0.2, 0.25) is 0 Å². The third-order valence-corrected chi connectivity index (χ3v) is 6.53. The molecule has 6 nitrogen and oxygen atoms in total. The lowest BCUT2D eigenvalue weighted by atomic mass is 10.0. The van der Waals surface area contributed by atoms with E-state index in [9.17, 15) is 9.59 Å². The number of nitrogens with one attached hydrogen (secondary N) is 2. The van der Waals surface area contributed by atoms with Crippen LogP contribution in [0.1, 0.15) is 68.7 Å². The average molecular weight is 340 g/mol. The second-order valence-corrected chi connectivity index (χ2v) is 8.35. The maximum Gasteiger partial charge on any atom is 0.248 e. The minimum atomic E-state index is -0.364. The Morgan fingerprint density at radius 1 is 1.32 bits per heavy atom. The molecule has 0 aromatic carbocycles. The molecule has 1 saturated carbocycles. The molecule has 0 bridgehead atoms. The number of aromatic nitrogens is 3. The van der Waals surface area contributed by atoms with Gasteiger partial charge in [0.1, 0.15) is 6.04 Å². The Bertz CT molecular complexity index is 844. The number of fused-ring (bicyclic) bond motifs is 1. The number of carbonyl (C=O) groups is 2. The molecule has 25 heavy (non-hydrogen) atoms. The molecule has 1 atom stereocenters. The highest BCUT2D eigenvalue weighted by Gasteiger charge is 2.65. The van der Waals surface area contributed by atoms with Crippen LogP contribution in [0.15, 0.2) is 24.4 Å². The summed E-state index contributed by atoms with van der Waals surface area (Å²) in [5, 5.41) is 10.3. The summed E-state index contributed by atoms with van der Waals surface area (Å²) >= 11 is 0. The quantitative estimate of drug-likeness (QED) is 0.897. The Kier molecular flexibility index (Phi) is 3.27. The number of rotatable bonds is 3. The molecule has 0 radical (unpaired) electrons. The van der Waals surface area contributed by atoms with Gasteiger partial charge in [0, 0.05) is 30.3 Å². The third kappa shape index (κ3) is 2.27. The van der Waals surface area contributed by atoms with Crippen LogP contribution in [-0.4, -0.2) is 26.5 Å². The van der Waals surface area contributed by atoms with E-state index in [1.807, 2.05) is 12.1 Å². The van der Waals surface area contributed by atoms with Crippen molar-refractivity contribution in [1.82, 2.24) is 14.8 Å². The van der Waals surface area contributed by atoms with Gasteiger partial charge in [0.2, 0.25) is 5.91 Å². The number of aromatic amines is 1. The van der Waals surface area contributed by atoms with Crippen LogP contribution in [0, 0.1) is 10.8 Å². The first kappa shape index (κ1) is 16.1. The van der Waals surface area contributed by atoms with Gasteiger partial charge in [-0.05, 0) is 29.4 Å². The molecule has 4 rings (SSSR count). The molecule has 132 valence electrons. The van der Waals surface area contributed by atoms with E-state index >= 15 is 0 Å². The molecule has 1 aliphatic carbocycles. The van der Waals surface area contributed by atoms with E-state index in [2.05, 4.69) is 43.2 Å². The molecular weight excluding hydrogens is 316 g/mol. The molecule has 2 N–H and O–H groups in total. The maximum absolute atomic E-state index is 12.7. The SMILES string of the molecule is CC1(C)C(c2cc(NC(=O)C3CCC(=O)c4cccn43)n[nH]2)C1(C)C. The maximum atomic E-state index is 12.7. The van der Waals surface area contributed by atoms with Gasteiger partial charge in [-0.1, -0.05) is 27.7 Å². The van der Waals surface area contributed by atoms with Gasteiger partial charge in [-0.2, -0.15) is 5.10 Å². The standard InChI is InChI=1S/C19H24N4O2/c1-18(2)16(19(18,3)4)11-10-15(22-21-11)20-17(25)13-7-8-14(24)12-6-5-9-23(12)13/h5-6,9-10,13,16H,7-8H2,1-4H3,(H2,20,21,22,25). The Morgan fingerprint density at radius 3 is 2.72 bits per heavy atom. The summed E-state index contributed by atoms with van der Waals surface area (Å²) in [5.41, 5.74) is 2.09. The fraction of sp³-hybridized carbons (Fsp3) is 0.526. The van der Waals surface area contributed by atoms with Gasteiger partial charge in [-0.25, -0.2) is 0 Å². The third-order valence-electron chi connectivity index (χ3n) is 6.53. The lowest BCUT2D eigenvalue weighted by Crippen LogP contribution is -2.31. The molecular formula is C19H24N4O2. The normalized spacial score (nSPS) is 24.0. The largest absolute Gasteiger partial charge is 0.333 e. The first-order valence-electron chi connectivity index (χ1n) is 8.79. The van der Waals surface area contributed by atoms with Crippen molar-refractivity contribution in [2.24, 2.45) is 10.8 Å². The second-order valence-electron chi connectivity index (χ2n) is 8.35. The Hall–Kier alpha value is -2.37. The Morgan fingerprint density at radius 2 is 2.04 bits per heavy atom. The van der Waals surface area contributed by atoms with Crippen molar-refractivity contribution in [2.75, 3.05) is 5.32 Å².